The predicted molar refractivity (Wildman–Crippen MR) is 343 cm³/mol. The van der Waals surface area contributed by atoms with E-state index in [2.05, 4.69) is 294 Å². The zero-order valence-corrected chi connectivity index (χ0v) is 54.9. The molecule has 0 aliphatic heterocycles. The van der Waals surface area contributed by atoms with E-state index in [0.29, 0.717) is 59.2 Å². The Balaban J connectivity index is 1.42. The quantitative estimate of drug-likeness (QED) is 0.165. The Labute approximate surface area is 488 Å². The highest BCUT2D eigenvalue weighted by Gasteiger charge is 2.82. The Bertz CT molecular complexity index is 3070. The van der Waals surface area contributed by atoms with Crippen molar-refractivity contribution in [3.63, 3.8) is 0 Å². The lowest BCUT2D eigenvalue weighted by Crippen LogP contribution is -2.70. The molecule has 16 atom stereocenters. The van der Waals surface area contributed by atoms with Gasteiger partial charge in [-0.1, -0.05) is 294 Å². The molecule has 5 aromatic carbocycles. The lowest BCUT2D eigenvalue weighted by molar-refractivity contribution is -0.0728. The molecule has 0 bridgehead atoms. The van der Waals surface area contributed by atoms with Crippen LogP contribution in [0.3, 0.4) is 0 Å². The van der Waals surface area contributed by atoms with Crippen molar-refractivity contribution in [2.75, 3.05) is 0 Å². The van der Waals surface area contributed by atoms with Crippen molar-refractivity contribution in [3.05, 3.63) is 199 Å². The summed E-state index contributed by atoms with van der Waals surface area (Å²) in [6.45, 7) is 63.6. The van der Waals surface area contributed by atoms with Crippen molar-refractivity contribution in [1.82, 2.24) is 0 Å². The van der Waals surface area contributed by atoms with Gasteiger partial charge in [0.2, 0.25) is 0 Å². The molecule has 0 spiro atoms. The Hall–Kier alpha value is -4.42. The average Bonchev–Trinajstić information content (AvgIpc) is 1.56. The van der Waals surface area contributed by atoms with Crippen LogP contribution < -0.4 is 0 Å². The number of hydrogen-bond acceptors (Lipinski definition) is 0. The maximum absolute atomic E-state index is 2.78. The van der Waals surface area contributed by atoms with Gasteiger partial charge in [0.1, 0.15) is 0 Å². The summed E-state index contributed by atoms with van der Waals surface area (Å²) in [6.07, 6.45) is 0. The van der Waals surface area contributed by atoms with E-state index < -0.39 is 0 Å². The lowest BCUT2D eigenvalue weighted by Gasteiger charge is -2.72. The zero-order valence-electron chi connectivity index (χ0n) is 54.9. The van der Waals surface area contributed by atoms with E-state index in [-0.39, 0.29) is 60.1 Å². The van der Waals surface area contributed by atoms with E-state index in [1.807, 2.05) is 11.1 Å². The minimum absolute atomic E-state index is 0.0467. The van der Waals surface area contributed by atoms with Crippen LogP contribution in [-0.4, -0.2) is 0 Å². The molecular weight excluding hydrogens is 961 g/mol. The van der Waals surface area contributed by atoms with Crippen LogP contribution >= 0.6 is 0 Å². The summed E-state index contributed by atoms with van der Waals surface area (Å²) < 4.78 is 0. The van der Waals surface area contributed by atoms with Crippen LogP contribution in [0.15, 0.2) is 144 Å². The number of benzene rings is 5. The molecule has 0 aromatic heterocycles. The summed E-state index contributed by atoms with van der Waals surface area (Å²) in [5, 5.41) is 0. The summed E-state index contributed by atoms with van der Waals surface area (Å²) in [7, 11) is 0. The first-order valence-electron chi connectivity index (χ1n) is 32.0. The molecular formula is C80H106. The largest absolute Gasteiger partial charge is 0.0613 e. The highest BCUT2D eigenvalue weighted by molar-refractivity contribution is 5.78. The summed E-state index contributed by atoms with van der Waals surface area (Å²) in [5.41, 5.74) is 21.1. The number of hydrogen-bond donors (Lipinski definition) is 0. The molecule has 0 N–H and O–H groups in total. The van der Waals surface area contributed by atoms with Crippen LogP contribution in [0.25, 0.3) is 0 Å². The summed E-state index contributed by atoms with van der Waals surface area (Å²) in [5.74, 6) is 3.54. The van der Waals surface area contributed by atoms with Gasteiger partial charge in [-0.2, -0.15) is 0 Å². The van der Waals surface area contributed by atoms with Crippen molar-refractivity contribution < 1.29 is 0 Å². The smallest absolute Gasteiger partial charge is 0.0263 e. The molecule has 0 radical (unpaired) electrons. The van der Waals surface area contributed by atoms with Gasteiger partial charge in [0.25, 0.3) is 0 Å². The minimum Gasteiger partial charge on any atom is -0.0613 e. The molecule has 11 unspecified atom stereocenters. The fourth-order valence-electron chi connectivity index (χ4n) is 21.0. The third kappa shape index (κ3) is 6.98. The molecule has 426 valence electrons. The SMILES string of the molecule is CC1[C@@H](C)C2(c3ccc(C(C)(C)C)cc3)C3C4=C5C6=C3C(c3ccc(C(C)(C)C)cc3)(C(C)C2C)[C@@H](C)C(C)C6(c2ccc(C(C)(C)C)cc2)[C@@H](C)C(C)C5(c2ccc(C(C)(C)C)cc2)[C@@H](C)[C@@H](C)C41c1ccc(C(C)(C)C)cc1. The number of allylic oxidation sites excluding steroid dienone is 4. The molecule has 3 fully saturated rings. The van der Waals surface area contributed by atoms with Crippen LogP contribution in [0, 0.1) is 65.1 Å². The minimum atomic E-state index is -0.259. The maximum atomic E-state index is 2.78. The van der Waals surface area contributed by atoms with Gasteiger partial charge >= 0.3 is 0 Å². The van der Waals surface area contributed by atoms with Crippen molar-refractivity contribution >= 4 is 0 Å². The van der Waals surface area contributed by atoms with Gasteiger partial charge in [-0.3, -0.25) is 0 Å². The Morgan fingerprint density at radius 3 is 0.613 bits per heavy atom. The fourth-order valence-corrected chi connectivity index (χ4v) is 21.0. The van der Waals surface area contributed by atoms with Crippen molar-refractivity contribution in [2.45, 2.75) is 227 Å². The monoisotopic (exact) mass is 1070 g/mol. The Kier molecular flexibility index (Phi) is 12.8. The van der Waals surface area contributed by atoms with Gasteiger partial charge in [0.05, 0.1) is 0 Å². The molecule has 0 amide bonds. The predicted octanol–water partition coefficient (Wildman–Crippen LogP) is 20.8. The molecule has 0 nitrogen and oxygen atoms in total. The second kappa shape index (κ2) is 17.8. The lowest BCUT2D eigenvalue weighted by atomic mass is 9.30. The third-order valence-electron chi connectivity index (χ3n) is 25.7. The van der Waals surface area contributed by atoms with Crippen LogP contribution in [-0.2, 0) is 54.1 Å². The highest BCUT2D eigenvalue weighted by atomic mass is 14.8. The second-order valence-corrected chi connectivity index (χ2v) is 33.4. The van der Waals surface area contributed by atoms with E-state index in [4.69, 9.17) is 0 Å². The summed E-state index contributed by atoms with van der Waals surface area (Å²) in [6, 6.07) is 52.2. The average molecular weight is 1070 g/mol. The third-order valence-corrected chi connectivity index (χ3v) is 25.7. The first kappa shape index (κ1) is 57.4. The highest BCUT2D eigenvalue weighted by Crippen LogP contribution is 2.86. The molecule has 5 aromatic rings. The van der Waals surface area contributed by atoms with E-state index >= 15 is 0 Å². The van der Waals surface area contributed by atoms with Gasteiger partial charge in [0, 0.05) is 33.0 Å². The van der Waals surface area contributed by atoms with Crippen LogP contribution in [0.5, 0.6) is 0 Å². The first-order valence-corrected chi connectivity index (χ1v) is 32.0. The number of rotatable bonds is 5. The van der Waals surface area contributed by atoms with Crippen molar-refractivity contribution in [2.24, 2.45) is 65.1 Å². The van der Waals surface area contributed by atoms with E-state index in [0.717, 1.165) is 0 Å². The van der Waals surface area contributed by atoms with E-state index in [9.17, 15) is 0 Å². The molecule has 0 saturated heterocycles. The normalized spacial score (nSPS) is 36.8. The van der Waals surface area contributed by atoms with Gasteiger partial charge in [0.15, 0.2) is 0 Å². The van der Waals surface area contributed by atoms with Crippen LogP contribution in [0.4, 0.5) is 0 Å². The van der Waals surface area contributed by atoms with Gasteiger partial charge in [-0.15, -0.1) is 0 Å². The summed E-state index contributed by atoms with van der Waals surface area (Å²) in [4.78, 5) is 0. The molecule has 3 saturated carbocycles. The Morgan fingerprint density at radius 1 is 0.225 bits per heavy atom. The van der Waals surface area contributed by atoms with E-state index in [1.54, 1.807) is 39.0 Å². The molecule has 0 heterocycles. The summed E-state index contributed by atoms with van der Waals surface area (Å²) >= 11 is 0. The zero-order chi connectivity index (χ0) is 58.6. The fraction of sp³-hybridized carbons (Fsp3) is 0.575. The standard InChI is InChI=1S/C80H106/c1-46-47(2)77(62-38-28-57(29-39-62)72(14,15)16)50(5)51(6)79(64-42-32-59(33-43-64)74(20,21)22)54(9)55(10)80(65-44-34-60(35-45-65)75(23,24)25)53(8)52(7)78(63-40-30-58(31-41-63)73(17,18)19)49(4)48(3)76(46,66-67(77)69(79)70(80)68(66)78)61-36-26-56(27-37-61)71(11,12)13/h26-55,66H,1-25H3/t46-,47?,48?,49?,50-,51+,52+,53?,54?,55+,66?,76?,77?,78?,79?,80?/m1/s1. The first-order chi connectivity index (χ1) is 37.0. The maximum Gasteiger partial charge on any atom is 0.0263 e. The molecule has 0 heteroatoms. The molecule has 6 aliphatic rings. The van der Waals surface area contributed by atoms with Crippen LogP contribution in [0.2, 0.25) is 0 Å². The Morgan fingerprint density at radius 2 is 0.400 bits per heavy atom. The molecule has 6 aliphatic carbocycles. The van der Waals surface area contributed by atoms with Gasteiger partial charge in [-0.05, 0) is 164 Å². The van der Waals surface area contributed by atoms with E-state index in [1.165, 1.54) is 27.8 Å². The van der Waals surface area contributed by atoms with Crippen molar-refractivity contribution in [1.29, 1.82) is 0 Å². The van der Waals surface area contributed by atoms with Crippen molar-refractivity contribution in [3.8, 4) is 0 Å². The topological polar surface area (TPSA) is 0 Å². The second-order valence-electron chi connectivity index (χ2n) is 33.4. The molecule has 11 rings (SSSR count). The molecule has 80 heavy (non-hydrogen) atoms. The van der Waals surface area contributed by atoms with Gasteiger partial charge in [-0.25, -0.2) is 0 Å². The van der Waals surface area contributed by atoms with Gasteiger partial charge < -0.3 is 0 Å². The van der Waals surface area contributed by atoms with Crippen LogP contribution in [0.1, 0.15) is 229 Å².